The van der Waals surface area contributed by atoms with Gasteiger partial charge in [-0.1, -0.05) is 6.92 Å². The Balaban J connectivity index is 1.53. The molecule has 0 saturated carbocycles. The second-order valence-electron chi connectivity index (χ2n) is 7.99. The van der Waals surface area contributed by atoms with Gasteiger partial charge in [-0.25, -0.2) is 26.7 Å². The van der Waals surface area contributed by atoms with Gasteiger partial charge in [-0.15, -0.1) is 0 Å². The number of hydrogen-bond acceptors (Lipinski definition) is 7. The molecule has 1 aromatic rings. The molecule has 170 valence electrons. The van der Waals surface area contributed by atoms with Crippen molar-refractivity contribution in [3.05, 3.63) is 34.6 Å². The van der Waals surface area contributed by atoms with Gasteiger partial charge in [-0.2, -0.15) is 0 Å². The topological polar surface area (TPSA) is 80.3 Å². The number of fused-ring (bicyclic) bond motifs is 3. The fraction of sp³-hybridized carbons (Fsp3) is 0.579. The summed E-state index contributed by atoms with van der Waals surface area (Å²) < 4.78 is 94.7. The summed E-state index contributed by atoms with van der Waals surface area (Å²) in [5.41, 5.74) is -2.21. The lowest BCUT2D eigenvalue weighted by molar-refractivity contribution is -0.189. The molecule has 3 aliphatic heterocycles. The molecule has 3 aliphatic rings. The van der Waals surface area contributed by atoms with Crippen molar-refractivity contribution in [2.24, 2.45) is 5.41 Å². The van der Waals surface area contributed by atoms with Crippen LogP contribution >= 0.6 is 0 Å². The second-order valence-corrected chi connectivity index (χ2v) is 7.99. The van der Waals surface area contributed by atoms with Crippen LogP contribution in [0.2, 0.25) is 0 Å². The third-order valence-electron chi connectivity index (χ3n) is 5.68. The number of carbonyl (C=O) groups is 2. The van der Waals surface area contributed by atoms with Crippen molar-refractivity contribution in [1.82, 2.24) is 0 Å². The highest BCUT2D eigenvalue weighted by atomic mass is 19.2. The monoisotopic (exact) mass is 452 g/mol. The molecule has 3 saturated heterocycles. The highest BCUT2D eigenvalue weighted by molar-refractivity contribution is 5.84. The number of rotatable bonds is 4. The minimum absolute atomic E-state index is 0.434. The van der Waals surface area contributed by atoms with Crippen LogP contribution in [0.5, 0.6) is 0 Å². The van der Waals surface area contributed by atoms with Crippen LogP contribution in [0.4, 0.5) is 22.0 Å². The molecule has 0 bridgehead atoms. The molecule has 31 heavy (non-hydrogen) atoms. The average molecular weight is 452 g/mol. The first-order valence-corrected chi connectivity index (χ1v) is 9.37. The Labute approximate surface area is 172 Å². The summed E-state index contributed by atoms with van der Waals surface area (Å²) in [6.45, 7) is 5.01. The zero-order valence-electron chi connectivity index (χ0n) is 16.4. The lowest BCUT2D eigenvalue weighted by Gasteiger charge is -2.24. The Bertz CT molecular complexity index is 923. The zero-order valence-corrected chi connectivity index (χ0v) is 16.4. The number of benzene rings is 1. The molecule has 3 fully saturated rings. The van der Waals surface area contributed by atoms with Gasteiger partial charge in [-0.05, 0) is 20.3 Å². The van der Waals surface area contributed by atoms with E-state index in [1.165, 1.54) is 0 Å². The zero-order chi connectivity index (χ0) is 22.8. The lowest BCUT2D eigenvalue weighted by Crippen LogP contribution is -2.39. The molecule has 0 N–H and O–H groups in total. The van der Waals surface area contributed by atoms with E-state index in [-0.39, 0.29) is 0 Å². The van der Waals surface area contributed by atoms with Gasteiger partial charge in [0.15, 0.2) is 48.1 Å². The predicted molar refractivity (Wildman–Crippen MR) is 87.4 cm³/mol. The summed E-state index contributed by atoms with van der Waals surface area (Å²) in [5, 5.41) is 0. The van der Waals surface area contributed by atoms with E-state index in [0.717, 1.165) is 0 Å². The van der Waals surface area contributed by atoms with E-state index in [0.29, 0.717) is 6.42 Å². The first-order valence-electron chi connectivity index (χ1n) is 9.37. The molecule has 12 heteroatoms. The number of hydrogen-bond donors (Lipinski definition) is 0. The number of ether oxygens (including phenoxy) is 5. The van der Waals surface area contributed by atoms with Gasteiger partial charge in [0, 0.05) is 0 Å². The van der Waals surface area contributed by atoms with Crippen molar-refractivity contribution in [2.45, 2.75) is 64.2 Å². The van der Waals surface area contributed by atoms with E-state index in [2.05, 4.69) is 0 Å². The summed E-state index contributed by atoms with van der Waals surface area (Å²) in [6, 6.07) is 0. The van der Waals surface area contributed by atoms with Crippen molar-refractivity contribution < 1.29 is 55.2 Å². The predicted octanol–water partition coefficient (Wildman–Crippen LogP) is 2.79. The summed E-state index contributed by atoms with van der Waals surface area (Å²) in [7, 11) is 0. The Morgan fingerprint density at radius 3 is 2.06 bits per heavy atom. The third-order valence-corrected chi connectivity index (χ3v) is 5.68. The van der Waals surface area contributed by atoms with Crippen molar-refractivity contribution in [3.63, 3.8) is 0 Å². The molecule has 3 heterocycles. The van der Waals surface area contributed by atoms with Crippen molar-refractivity contribution in [3.8, 4) is 0 Å². The Hall–Kier alpha value is -2.31. The molecule has 1 aromatic carbocycles. The minimum Gasteiger partial charge on any atom is -0.454 e. The van der Waals surface area contributed by atoms with Crippen LogP contribution in [0.3, 0.4) is 0 Å². The summed E-state index contributed by atoms with van der Waals surface area (Å²) in [5.74, 6) is -12.5. The van der Waals surface area contributed by atoms with Crippen LogP contribution in [0, 0.1) is 34.5 Å². The summed E-state index contributed by atoms with van der Waals surface area (Å²) in [4.78, 5) is 24.5. The quantitative estimate of drug-likeness (QED) is 0.301. The molecule has 0 amide bonds. The Morgan fingerprint density at radius 2 is 1.48 bits per heavy atom. The Kier molecular flexibility index (Phi) is 5.22. The van der Waals surface area contributed by atoms with E-state index < -0.39 is 89.0 Å². The molecule has 2 unspecified atom stereocenters. The normalized spacial score (nSPS) is 32.1. The average Bonchev–Trinajstić information content (AvgIpc) is 3.36. The van der Waals surface area contributed by atoms with Gasteiger partial charge in [0.25, 0.3) is 0 Å². The van der Waals surface area contributed by atoms with Crippen LogP contribution in [0.1, 0.15) is 39.0 Å². The maximum Gasteiger partial charge on any atom is 0.350 e. The van der Waals surface area contributed by atoms with Gasteiger partial charge < -0.3 is 23.7 Å². The maximum atomic E-state index is 14.0. The minimum atomic E-state index is -2.32. The molecule has 0 spiro atoms. The fourth-order valence-corrected chi connectivity index (χ4v) is 3.41. The van der Waals surface area contributed by atoms with Crippen LogP contribution in [-0.2, 0) is 33.3 Å². The molecule has 0 radical (unpaired) electrons. The number of carbonyl (C=O) groups excluding carboxylic acids is 2. The van der Waals surface area contributed by atoms with Crippen molar-refractivity contribution >= 4 is 11.9 Å². The van der Waals surface area contributed by atoms with E-state index in [1.54, 1.807) is 20.8 Å². The highest BCUT2D eigenvalue weighted by Gasteiger charge is 2.64. The van der Waals surface area contributed by atoms with Crippen molar-refractivity contribution in [1.29, 1.82) is 0 Å². The van der Waals surface area contributed by atoms with Gasteiger partial charge in [0.05, 0.1) is 11.0 Å². The van der Waals surface area contributed by atoms with Gasteiger partial charge in [0.1, 0.15) is 6.10 Å². The van der Waals surface area contributed by atoms with Gasteiger partial charge >= 0.3 is 11.9 Å². The fourth-order valence-electron chi connectivity index (χ4n) is 3.41. The number of esters is 2. The third kappa shape index (κ3) is 3.28. The molecule has 0 aliphatic carbocycles. The summed E-state index contributed by atoms with van der Waals surface area (Å²) in [6.07, 6.45) is -7.89. The first-order chi connectivity index (χ1) is 14.5. The van der Waals surface area contributed by atoms with E-state index >= 15 is 0 Å². The first kappa shape index (κ1) is 21.9. The molecule has 0 aromatic heterocycles. The Morgan fingerprint density at radius 1 is 0.903 bits per heavy atom. The molecular weight excluding hydrogens is 435 g/mol. The molecule has 7 nitrogen and oxygen atoms in total. The second kappa shape index (κ2) is 7.38. The van der Waals surface area contributed by atoms with Crippen LogP contribution in [0.15, 0.2) is 0 Å². The largest absolute Gasteiger partial charge is 0.454 e. The molecular formula is C19H17F5O7. The van der Waals surface area contributed by atoms with Gasteiger partial charge in [-0.3, -0.25) is 4.79 Å². The molecule has 6 atom stereocenters. The molecule has 4 rings (SSSR count). The SMILES string of the molecule is CCC(C)(C)C(=O)O[C@@H]1C(=O)O[C@H]2C1O[C@@H]1OC(c3c(F)c(F)c(F)c(F)c3F)O[C@@H]12. The van der Waals surface area contributed by atoms with Crippen LogP contribution in [-0.4, -0.2) is 42.6 Å². The standard InChI is InChI=1S/C19H17F5O7/c1-4-19(2,3)18(26)30-13-11-12(27-15(13)25)14-17(28-11)31-16(29-14)5-6(20)8(22)10(24)9(23)7(5)21/h11-14,16-17H,4H2,1-3H3/t11?,12-,13-,14+,16?,17+/m0/s1. The summed E-state index contributed by atoms with van der Waals surface area (Å²) >= 11 is 0. The lowest BCUT2D eigenvalue weighted by atomic mass is 9.90. The van der Waals surface area contributed by atoms with Crippen LogP contribution in [0.25, 0.3) is 0 Å². The van der Waals surface area contributed by atoms with Gasteiger partial charge in [0.2, 0.25) is 11.9 Å². The van der Waals surface area contributed by atoms with E-state index in [9.17, 15) is 31.5 Å². The maximum absolute atomic E-state index is 14.0. The van der Waals surface area contributed by atoms with E-state index in [4.69, 9.17) is 23.7 Å². The van der Waals surface area contributed by atoms with E-state index in [1.807, 2.05) is 0 Å². The highest BCUT2D eigenvalue weighted by Crippen LogP contribution is 2.45. The smallest absolute Gasteiger partial charge is 0.350 e. The number of halogens is 5. The van der Waals surface area contributed by atoms with Crippen LogP contribution < -0.4 is 0 Å². The van der Waals surface area contributed by atoms with Crippen molar-refractivity contribution in [2.75, 3.05) is 0 Å².